The highest BCUT2D eigenvalue weighted by atomic mass is 32.1. The highest BCUT2D eigenvalue weighted by Gasteiger charge is 2.32. The molecule has 1 saturated heterocycles. The number of methoxy groups -OCH3 is 1. The fraction of sp³-hybridized carbons (Fsp3) is 0.360. The molecule has 8 nitrogen and oxygen atoms in total. The standard InChI is InChI=1S/C25H30N4O4S/c1-18(27-25(31)24(30)26-17-19-7-5-15-33-19)23(22-10-6-16-34-22)29-13-11-28(12-14-29)20-8-3-4-9-21(20)32-2/h3-10,15-16,18,23H,11-14,17H2,1-2H3,(H,26,30)(H,27,31)/t18-,23+/m0/s1. The zero-order valence-electron chi connectivity index (χ0n) is 19.4. The lowest BCUT2D eigenvalue weighted by atomic mass is 10.0. The van der Waals surface area contributed by atoms with Gasteiger partial charge in [-0.15, -0.1) is 11.3 Å². The van der Waals surface area contributed by atoms with E-state index in [1.54, 1.807) is 30.6 Å². The number of piperazine rings is 1. The molecule has 0 bridgehead atoms. The van der Waals surface area contributed by atoms with E-state index < -0.39 is 11.8 Å². The second-order valence-electron chi connectivity index (χ2n) is 8.18. The molecule has 0 aliphatic carbocycles. The minimum absolute atomic E-state index is 0.0263. The normalized spacial score (nSPS) is 16.0. The lowest BCUT2D eigenvalue weighted by Gasteiger charge is -2.42. The van der Waals surface area contributed by atoms with Gasteiger partial charge in [-0.25, -0.2) is 0 Å². The van der Waals surface area contributed by atoms with E-state index in [1.165, 1.54) is 6.26 Å². The lowest BCUT2D eigenvalue weighted by molar-refractivity contribution is -0.140. The van der Waals surface area contributed by atoms with Crippen LogP contribution in [-0.2, 0) is 16.1 Å². The van der Waals surface area contributed by atoms with Crippen molar-refractivity contribution in [3.63, 3.8) is 0 Å². The van der Waals surface area contributed by atoms with Gasteiger partial charge in [-0.05, 0) is 42.6 Å². The van der Waals surface area contributed by atoms with Crippen LogP contribution >= 0.6 is 11.3 Å². The van der Waals surface area contributed by atoms with E-state index in [-0.39, 0.29) is 18.6 Å². The van der Waals surface area contributed by atoms with E-state index in [0.29, 0.717) is 5.76 Å². The van der Waals surface area contributed by atoms with Crippen molar-refractivity contribution in [2.45, 2.75) is 25.6 Å². The number of furan rings is 1. The monoisotopic (exact) mass is 482 g/mol. The van der Waals surface area contributed by atoms with Crippen molar-refractivity contribution < 1.29 is 18.7 Å². The zero-order valence-corrected chi connectivity index (χ0v) is 20.2. The van der Waals surface area contributed by atoms with Gasteiger partial charge in [-0.3, -0.25) is 14.5 Å². The first-order valence-corrected chi connectivity index (χ1v) is 12.2. The number of amides is 2. The number of carbonyl (C=O) groups is 2. The van der Waals surface area contributed by atoms with Gasteiger partial charge in [-0.2, -0.15) is 0 Å². The van der Waals surface area contributed by atoms with Crippen molar-refractivity contribution in [1.29, 1.82) is 0 Å². The third-order valence-corrected chi connectivity index (χ3v) is 6.95. The molecular weight excluding hydrogens is 452 g/mol. The van der Waals surface area contributed by atoms with Crippen LogP contribution in [0.4, 0.5) is 5.69 Å². The summed E-state index contributed by atoms with van der Waals surface area (Å²) < 4.78 is 10.7. The Hall–Kier alpha value is -3.30. The summed E-state index contributed by atoms with van der Waals surface area (Å²) in [5.41, 5.74) is 1.09. The Bertz CT molecular complexity index is 1060. The molecule has 1 aliphatic heterocycles. The third kappa shape index (κ3) is 5.60. The first kappa shape index (κ1) is 23.8. The molecule has 0 saturated carbocycles. The number of anilines is 1. The van der Waals surface area contributed by atoms with Gasteiger partial charge in [0.1, 0.15) is 11.5 Å². The van der Waals surface area contributed by atoms with Crippen LogP contribution in [0.25, 0.3) is 0 Å². The molecule has 2 amide bonds. The van der Waals surface area contributed by atoms with E-state index in [9.17, 15) is 9.59 Å². The van der Waals surface area contributed by atoms with Gasteiger partial charge in [0, 0.05) is 37.1 Å². The number of benzene rings is 1. The number of hydrogen-bond donors (Lipinski definition) is 2. The molecule has 1 fully saturated rings. The fourth-order valence-corrected chi connectivity index (χ4v) is 5.31. The molecule has 2 atom stereocenters. The molecule has 4 rings (SSSR count). The second-order valence-corrected chi connectivity index (χ2v) is 9.16. The molecule has 3 aromatic rings. The van der Waals surface area contributed by atoms with Crippen LogP contribution in [0, 0.1) is 0 Å². The number of ether oxygens (including phenoxy) is 1. The fourth-order valence-electron chi connectivity index (χ4n) is 4.35. The van der Waals surface area contributed by atoms with Crippen LogP contribution in [-0.4, -0.2) is 56.0 Å². The van der Waals surface area contributed by atoms with Crippen LogP contribution in [0.15, 0.2) is 64.6 Å². The summed E-state index contributed by atoms with van der Waals surface area (Å²) in [7, 11) is 1.69. The van der Waals surface area contributed by atoms with Crippen molar-refractivity contribution in [2.75, 3.05) is 38.2 Å². The summed E-state index contributed by atoms with van der Waals surface area (Å²) in [5, 5.41) is 7.55. The predicted octanol–water partition coefficient (Wildman–Crippen LogP) is 3.03. The Labute approximate surface area is 203 Å². The van der Waals surface area contributed by atoms with Crippen LogP contribution in [0.2, 0.25) is 0 Å². The van der Waals surface area contributed by atoms with Gasteiger partial charge in [0.25, 0.3) is 0 Å². The Morgan fingerprint density at radius 2 is 1.85 bits per heavy atom. The van der Waals surface area contributed by atoms with Gasteiger partial charge in [0.05, 0.1) is 31.6 Å². The molecule has 2 aromatic heterocycles. The van der Waals surface area contributed by atoms with Crippen LogP contribution in [0.5, 0.6) is 5.75 Å². The molecule has 3 heterocycles. The van der Waals surface area contributed by atoms with Crippen molar-refractivity contribution in [2.24, 2.45) is 0 Å². The molecule has 34 heavy (non-hydrogen) atoms. The van der Waals surface area contributed by atoms with Crippen molar-refractivity contribution in [1.82, 2.24) is 15.5 Å². The van der Waals surface area contributed by atoms with Crippen LogP contribution in [0.3, 0.4) is 0 Å². The van der Waals surface area contributed by atoms with Crippen molar-refractivity contribution in [3.8, 4) is 5.75 Å². The Morgan fingerprint density at radius 1 is 1.06 bits per heavy atom. The average molecular weight is 483 g/mol. The minimum atomic E-state index is -0.672. The number of rotatable bonds is 8. The third-order valence-electron chi connectivity index (χ3n) is 6.01. The van der Waals surface area contributed by atoms with Gasteiger partial charge in [0.15, 0.2) is 0 Å². The van der Waals surface area contributed by atoms with Crippen LogP contribution < -0.4 is 20.3 Å². The Kier molecular flexibility index (Phi) is 7.87. The smallest absolute Gasteiger partial charge is 0.309 e. The SMILES string of the molecule is COc1ccccc1N1CCN([C@@H](c2cccs2)[C@H](C)NC(=O)C(=O)NCc2ccco2)CC1. The largest absolute Gasteiger partial charge is 0.495 e. The molecule has 180 valence electrons. The molecule has 0 spiro atoms. The summed E-state index contributed by atoms with van der Waals surface area (Å²) in [5.74, 6) is 0.146. The van der Waals surface area contributed by atoms with E-state index in [1.807, 2.05) is 36.6 Å². The summed E-state index contributed by atoms with van der Waals surface area (Å²) in [6, 6.07) is 15.4. The second kappa shape index (κ2) is 11.2. The number of nitrogens with zero attached hydrogens (tertiary/aromatic N) is 2. The summed E-state index contributed by atoms with van der Waals surface area (Å²) in [6.07, 6.45) is 1.53. The lowest BCUT2D eigenvalue weighted by Crippen LogP contribution is -2.53. The molecular formula is C25H30N4O4S. The summed E-state index contributed by atoms with van der Waals surface area (Å²) >= 11 is 1.66. The highest BCUT2D eigenvalue weighted by Crippen LogP contribution is 2.32. The first-order valence-electron chi connectivity index (χ1n) is 11.3. The first-order chi connectivity index (χ1) is 16.6. The molecule has 2 N–H and O–H groups in total. The molecule has 0 unspecified atom stereocenters. The topological polar surface area (TPSA) is 87.0 Å². The number of carbonyl (C=O) groups excluding carboxylic acids is 2. The van der Waals surface area contributed by atoms with Crippen molar-refractivity contribution >= 4 is 28.8 Å². The van der Waals surface area contributed by atoms with Gasteiger partial charge < -0.3 is 24.7 Å². The van der Waals surface area contributed by atoms with Gasteiger partial charge in [-0.1, -0.05) is 18.2 Å². The minimum Gasteiger partial charge on any atom is -0.495 e. The van der Waals surface area contributed by atoms with E-state index in [0.717, 1.165) is 42.5 Å². The maximum absolute atomic E-state index is 12.6. The van der Waals surface area contributed by atoms with Gasteiger partial charge in [0.2, 0.25) is 0 Å². The zero-order chi connectivity index (χ0) is 23.9. The number of nitrogens with one attached hydrogen (secondary N) is 2. The van der Waals surface area contributed by atoms with Crippen LogP contribution in [0.1, 0.15) is 23.6 Å². The molecule has 0 radical (unpaired) electrons. The van der Waals surface area contributed by atoms with E-state index in [4.69, 9.17) is 9.15 Å². The Morgan fingerprint density at radius 3 is 2.53 bits per heavy atom. The number of hydrogen-bond acceptors (Lipinski definition) is 7. The summed E-state index contributed by atoms with van der Waals surface area (Å²) in [4.78, 5) is 30.8. The molecule has 1 aromatic carbocycles. The number of para-hydroxylation sites is 2. The highest BCUT2D eigenvalue weighted by molar-refractivity contribution is 7.10. The maximum atomic E-state index is 12.6. The maximum Gasteiger partial charge on any atom is 0.309 e. The number of thiophene rings is 1. The van der Waals surface area contributed by atoms with Crippen molar-refractivity contribution in [3.05, 3.63) is 70.8 Å². The van der Waals surface area contributed by atoms with E-state index in [2.05, 4.69) is 32.6 Å². The average Bonchev–Trinajstić information content (AvgIpc) is 3.58. The summed E-state index contributed by atoms with van der Waals surface area (Å²) in [6.45, 7) is 5.46. The predicted molar refractivity (Wildman–Crippen MR) is 132 cm³/mol. The van der Waals surface area contributed by atoms with Gasteiger partial charge >= 0.3 is 11.8 Å². The Balaban J connectivity index is 1.39. The van der Waals surface area contributed by atoms with E-state index >= 15 is 0 Å². The molecule has 9 heteroatoms. The molecule has 1 aliphatic rings. The quantitative estimate of drug-likeness (QED) is 0.480.